The van der Waals surface area contributed by atoms with Crippen molar-refractivity contribution < 1.29 is 0 Å². The molecule has 0 N–H and O–H groups in total. The zero-order valence-corrected chi connectivity index (χ0v) is 7.41. The fourth-order valence-corrected chi connectivity index (χ4v) is 1.10. The minimum atomic E-state index is 0.135. The molecular weight excluding hydrogens is 136 g/mol. The second kappa shape index (κ2) is 3.07. The largest absolute Gasteiger partial charge is 0.331 e. The van der Waals surface area contributed by atoms with Gasteiger partial charge in [-0.15, -0.1) is 0 Å². The highest BCUT2D eigenvalue weighted by atomic mass is 15.1. The SMILES string of the molecule is C[CH]C(C)(CC)n1ccnc1. The number of hydrogen-bond acceptors (Lipinski definition) is 1. The van der Waals surface area contributed by atoms with Gasteiger partial charge in [0.05, 0.1) is 6.33 Å². The lowest BCUT2D eigenvalue weighted by atomic mass is 9.95. The molecule has 0 amide bonds. The van der Waals surface area contributed by atoms with Gasteiger partial charge >= 0.3 is 0 Å². The van der Waals surface area contributed by atoms with Gasteiger partial charge in [-0.3, -0.25) is 0 Å². The van der Waals surface area contributed by atoms with Crippen LogP contribution in [0.3, 0.4) is 0 Å². The zero-order chi connectivity index (χ0) is 8.32. The summed E-state index contributed by atoms with van der Waals surface area (Å²) in [6, 6.07) is 0. The van der Waals surface area contributed by atoms with Crippen molar-refractivity contribution in [3.05, 3.63) is 25.1 Å². The van der Waals surface area contributed by atoms with E-state index in [4.69, 9.17) is 0 Å². The molecule has 1 heterocycles. The van der Waals surface area contributed by atoms with E-state index in [0.29, 0.717) is 0 Å². The first-order chi connectivity index (χ1) is 5.23. The van der Waals surface area contributed by atoms with Gasteiger partial charge < -0.3 is 4.57 Å². The third kappa shape index (κ3) is 1.44. The molecule has 1 unspecified atom stereocenters. The summed E-state index contributed by atoms with van der Waals surface area (Å²) in [7, 11) is 0. The highest BCUT2D eigenvalue weighted by Crippen LogP contribution is 2.22. The van der Waals surface area contributed by atoms with Crippen molar-refractivity contribution in [1.29, 1.82) is 0 Å². The van der Waals surface area contributed by atoms with Crippen molar-refractivity contribution >= 4 is 0 Å². The lowest BCUT2D eigenvalue weighted by Crippen LogP contribution is -2.27. The fraction of sp³-hybridized carbons (Fsp3) is 0.556. The van der Waals surface area contributed by atoms with Crippen LogP contribution < -0.4 is 0 Å². The van der Waals surface area contributed by atoms with Gasteiger partial charge in [0.1, 0.15) is 0 Å². The van der Waals surface area contributed by atoms with Gasteiger partial charge in [0.2, 0.25) is 0 Å². The molecule has 1 aromatic heterocycles. The molecule has 0 aliphatic carbocycles. The average Bonchev–Trinajstić information content (AvgIpc) is 2.55. The third-order valence-corrected chi connectivity index (χ3v) is 2.43. The summed E-state index contributed by atoms with van der Waals surface area (Å²) in [6.45, 7) is 6.47. The number of aromatic nitrogens is 2. The summed E-state index contributed by atoms with van der Waals surface area (Å²) in [6.07, 6.45) is 8.99. The average molecular weight is 151 g/mol. The highest BCUT2D eigenvalue weighted by Gasteiger charge is 2.20. The predicted molar refractivity (Wildman–Crippen MR) is 46.1 cm³/mol. The normalized spacial score (nSPS) is 11.9. The van der Waals surface area contributed by atoms with Crippen LogP contribution in [0.15, 0.2) is 18.7 Å². The molecule has 1 rings (SSSR count). The van der Waals surface area contributed by atoms with Crippen LogP contribution in [0.1, 0.15) is 27.2 Å². The van der Waals surface area contributed by atoms with Gasteiger partial charge in [-0.25, -0.2) is 4.98 Å². The topological polar surface area (TPSA) is 17.8 Å². The van der Waals surface area contributed by atoms with Crippen LogP contribution in [0.25, 0.3) is 0 Å². The number of imidazole rings is 1. The summed E-state index contributed by atoms with van der Waals surface area (Å²) >= 11 is 0. The molecule has 61 valence electrons. The Morgan fingerprint density at radius 1 is 1.64 bits per heavy atom. The minimum Gasteiger partial charge on any atom is -0.331 e. The van der Waals surface area contributed by atoms with Gasteiger partial charge in [0.15, 0.2) is 0 Å². The van der Waals surface area contributed by atoms with E-state index < -0.39 is 0 Å². The molecular formula is C9H15N2. The van der Waals surface area contributed by atoms with Crippen LogP contribution in [-0.2, 0) is 5.54 Å². The van der Waals surface area contributed by atoms with Crippen LogP contribution in [0.2, 0.25) is 0 Å². The summed E-state index contributed by atoms with van der Waals surface area (Å²) in [4.78, 5) is 4.03. The van der Waals surface area contributed by atoms with E-state index in [-0.39, 0.29) is 5.54 Å². The van der Waals surface area contributed by atoms with E-state index in [1.165, 1.54) is 0 Å². The maximum absolute atomic E-state index is 4.03. The number of hydrogen-bond donors (Lipinski definition) is 0. The lowest BCUT2D eigenvalue weighted by molar-refractivity contribution is 0.363. The van der Waals surface area contributed by atoms with Gasteiger partial charge in [0, 0.05) is 17.9 Å². The van der Waals surface area contributed by atoms with Crippen LogP contribution in [0, 0.1) is 6.42 Å². The highest BCUT2D eigenvalue weighted by molar-refractivity contribution is 4.95. The van der Waals surface area contributed by atoms with Gasteiger partial charge in [0.25, 0.3) is 0 Å². The van der Waals surface area contributed by atoms with Crippen LogP contribution in [-0.4, -0.2) is 9.55 Å². The quantitative estimate of drug-likeness (QED) is 0.647. The fourth-order valence-electron chi connectivity index (χ4n) is 1.10. The van der Waals surface area contributed by atoms with Crippen molar-refractivity contribution in [3.63, 3.8) is 0 Å². The first-order valence-electron chi connectivity index (χ1n) is 4.02. The van der Waals surface area contributed by atoms with Crippen molar-refractivity contribution in [2.45, 2.75) is 32.7 Å². The molecule has 0 aromatic carbocycles. The van der Waals surface area contributed by atoms with Crippen molar-refractivity contribution in [3.8, 4) is 0 Å². The number of rotatable bonds is 3. The van der Waals surface area contributed by atoms with Crippen LogP contribution >= 0.6 is 0 Å². The van der Waals surface area contributed by atoms with Crippen molar-refractivity contribution in [2.75, 3.05) is 0 Å². The lowest BCUT2D eigenvalue weighted by Gasteiger charge is -2.27. The van der Waals surface area contributed by atoms with E-state index in [2.05, 4.69) is 36.7 Å². The van der Waals surface area contributed by atoms with Gasteiger partial charge in [-0.1, -0.05) is 13.8 Å². The molecule has 2 nitrogen and oxygen atoms in total. The maximum atomic E-state index is 4.03. The van der Waals surface area contributed by atoms with E-state index in [0.717, 1.165) is 6.42 Å². The standard InChI is InChI=1S/C9H15N2/c1-4-9(3,5-2)11-7-6-10-8-11/h4,6-8H,5H2,1-3H3. The predicted octanol–water partition coefficient (Wildman–Crippen LogP) is 2.23. The monoisotopic (exact) mass is 151 g/mol. The van der Waals surface area contributed by atoms with Gasteiger partial charge in [-0.2, -0.15) is 0 Å². The smallest absolute Gasteiger partial charge is 0.0951 e. The van der Waals surface area contributed by atoms with E-state index in [1.54, 1.807) is 0 Å². The molecule has 1 atom stereocenters. The Hall–Kier alpha value is -0.790. The number of nitrogens with zero attached hydrogens (tertiary/aromatic N) is 2. The Bertz CT molecular complexity index is 197. The summed E-state index contributed by atoms with van der Waals surface area (Å²) in [5.41, 5.74) is 0.135. The summed E-state index contributed by atoms with van der Waals surface area (Å²) in [5.74, 6) is 0. The molecule has 2 heteroatoms. The van der Waals surface area contributed by atoms with Crippen LogP contribution in [0.5, 0.6) is 0 Å². The molecule has 1 radical (unpaired) electrons. The Morgan fingerprint density at radius 3 is 2.73 bits per heavy atom. The zero-order valence-electron chi connectivity index (χ0n) is 7.41. The first kappa shape index (κ1) is 8.31. The first-order valence-corrected chi connectivity index (χ1v) is 4.02. The Kier molecular flexibility index (Phi) is 2.32. The van der Waals surface area contributed by atoms with Gasteiger partial charge in [-0.05, 0) is 19.8 Å². The minimum absolute atomic E-state index is 0.135. The molecule has 0 saturated heterocycles. The van der Waals surface area contributed by atoms with E-state index in [1.807, 2.05) is 18.7 Å². The summed E-state index contributed by atoms with van der Waals surface area (Å²) < 4.78 is 2.13. The molecule has 0 spiro atoms. The van der Waals surface area contributed by atoms with Crippen molar-refractivity contribution in [1.82, 2.24) is 9.55 Å². The second-order valence-corrected chi connectivity index (χ2v) is 2.97. The third-order valence-electron chi connectivity index (χ3n) is 2.43. The molecule has 0 saturated carbocycles. The second-order valence-electron chi connectivity index (χ2n) is 2.97. The van der Waals surface area contributed by atoms with E-state index >= 15 is 0 Å². The van der Waals surface area contributed by atoms with Crippen molar-refractivity contribution in [2.24, 2.45) is 0 Å². The molecule has 1 aromatic rings. The summed E-state index contributed by atoms with van der Waals surface area (Å²) in [5, 5.41) is 0. The maximum Gasteiger partial charge on any atom is 0.0951 e. The molecule has 11 heavy (non-hydrogen) atoms. The molecule has 0 aliphatic heterocycles. The molecule has 0 fully saturated rings. The van der Waals surface area contributed by atoms with E-state index in [9.17, 15) is 0 Å². The van der Waals surface area contributed by atoms with Crippen LogP contribution in [0.4, 0.5) is 0 Å². The molecule has 0 aliphatic rings. The Balaban J connectivity index is 2.87. The molecule has 0 bridgehead atoms. The Labute approximate surface area is 68.3 Å². The Morgan fingerprint density at radius 2 is 2.36 bits per heavy atom.